The number of rotatable bonds is 7. The molecule has 0 aliphatic heterocycles. The molecule has 3 aromatic heterocycles. The molecular formula is C17H20N4OS2. The Hall–Kier alpha value is -1.99. The Morgan fingerprint density at radius 3 is 2.83 bits per heavy atom. The van der Waals surface area contributed by atoms with Crippen LogP contribution in [0.4, 0.5) is 0 Å². The first kappa shape index (κ1) is 16.9. The Bertz CT molecular complexity index is 762. The van der Waals surface area contributed by atoms with Crippen LogP contribution >= 0.6 is 22.7 Å². The fourth-order valence-electron chi connectivity index (χ4n) is 2.60. The summed E-state index contributed by atoms with van der Waals surface area (Å²) in [5.41, 5.74) is 1.21. The van der Waals surface area contributed by atoms with E-state index in [4.69, 9.17) is 0 Å². The second-order valence-electron chi connectivity index (χ2n) is 5.89. The maximum atomic E-state index is 12.5. The summed E-state index contributed by atoms with van der Waals surface area (Å²) in [5.74, 6) is 1.19. The number of thiazole rings is 1. The zero-order valence-electron chi connectivity index (χ0n) is 13.7. The predicted molar refractivity (Wildman–Crippen MR) is 97.3 cm³/mol. The van der Waals surface area contributed by atoms with Gasteiger partial charge in [0.2, 0.25) is 5.91 Å². The molecule has 0 aliphatic carbocycles. The minimum atomic E-state index is -0.0990. The van der Waals surface area contributed by atoms with Crippen LogP contribution in [0.1, 0.15) is 42.2 Å². The van der Waals surface area contributed by atoms with Crippen molar-refractivity contribution >= 4 is 28.6 Å². The molecule has 5 nitrogen and oxygen atoms in total. The second-order valence-corrected chi connectivity index (χ2v) is 7.60. The van der Waals surface area contributed by atoms with Crippen molar-refractivity contribution in [3.05, 3.63) is 57.2 Å². The highest BCUT2D eigenvalue weighted by Crippen LogP contribution is 2.22. The minimum Gasteiger partial charge on any atom is -0.345 e. The van der Waals surface area contributed by atoms with E-state index in [9.17, 15) is 4.79 Å². The van der Waals surface area contributed by atoms with Crippen LogP contribution in [0.3, 0.4) is 0 Å². The van der Waals surface area contributed by atoms with Crippen LogP contribution in [0.25, 0.3) is 0 Å². The molecule has 126 valence electrons. The van der Waals surface area contributed by atoms with E-state index in [1.54, 1.807) is 35.1 Å². The van der Waals surface area contributed by atoms with Gasteiger partial charge in [0.15, 0.2) is 0 Å². The zero-order valence-corrected chi connectivity index (χ0v) is 15.3. The number of hydrogen-bond donors (Lipinski definition) is 1. The first-order valence-corrected chi connectivity index (χ1v) is 9.66. The lowest BCUT2D eigenvalue weighted by molar-refractivity contribution is -0.122. The number of aromatic nitrogens is 3. The average molecular weight is 361 g/mol. The number of amides is 1. The van der Waals surface area contributed by atoms with Crippen molar-refractivity contribution in [1.29, 1.82) is 0 Å². The summed E-state index contributed by atoms with van der Waals surface area (Å²) in [4.78, 5) is 21.3. The van der Waals surface area contributed by atoms with Crippen molar-refractivity contribution in [2.75, 3.05) is 0 Å². The summed E-state index contributed by atoms with van der Waals surface area (Å²) in [5, 5.41) is 10.2. The van der Waals surface area contributed by atoms with Crippen LogP contribution in [0.2, 0.25) is 0 Å². The predicted octanol–water partition coefficient (Wildman–Crippen LogP) is 3.62. The van der Waals surface area contributed by atoms with Gasteiger partial charge in [0.05, 0.1) is 6.04 Å². The first-order chi connectivity index (χ1) is 11.6. The van der Waals surface area contributed by atoms with Gasteiger partial charge in [-0.15, -0.1) is 11.3 Å². The lowest BCUT2D eigenvalue weighted by atomic mass is 10.1. The summed E-state index contributed by atoms with van der Waals surface area (Å²) < 4.78 is 1.91. The maximum absolute atomic E-state index is 12.5. The molecule has 1 N–H and O–H groups in total. The summed E-state index contributed by atoms with van der Waals surface area (Å²) in [6.45, 7) is 4.43. The fourth-order valence-corrected chi connectivity index (χ4v) is 3.97. The van der Waals surface area contributed by atoms with Gasteiger partial charge in [-0.1, -0.05) is 13.8 Å². The van der Waals surface area contributed by atoms with E-state index in [0.29, 0.717) is 0 Å². The molecule has 1 amide bonds. The summed E-state index contributed by atoms with van der Waals surface area (Å²) >= 11 is 3.23. The van der Waals surface area contributed by atoms with E-state index in [0.717, 1.165) is 17.3 Å². The Morgan fingerprint density at radius 2 is 2.17 bits per heavy atom. The molecule has 1 atom stereocenters. The van der Waals surface area contributed by atoms with Gasteiger partial charge in [-0.3, -0.25) is 4.79 Å². The highest BCUT2D eigenvalue weighted by molar-refractivity contribution is 7.09. The van der Waals surface area contributed by atoms with Crippen molar-refractivity contribution < 1.29 is 4.79 Å². The molecule has 7 heteroatoms. The number of nitrogens with zero attached hydrogens (tertiary/aromatic N) is 3. The van der Waals surface area contributed by atoms with Gasteiger partial charge in [-0.05, 0) is 22.4 Å². The smallest absolute Gasteiger partial charge is 0.240 e. The second kappa shape index (κ2) is 7.72. The van der Waals surface area contributed by atoms with Gasteiger partial charge in [0.25, 0.3) is 0 Å². The van der Waals surface area contributed by atoms with Gasteiger partial charge >= 0.3 is 0 Å². The van der Waals surface area contributed by atoms with Gasteiger partial charge in [-0.2, -0.15) is 11.3 Å². The van der Waals surface area contributed by atoms with Crippen LogP contribution < -0.4 is 5.32 Å². The number of nitrogens with one attached hydrogen (secondary N) is 1. The summed E-state index contributed by atoms with van der Waals surface area (Å²) in [6, 6.07) is 1.99. The van der Waals surface area contributed by atoms with Crippen molar-refractivity contribution in [3.8, 4) is 0 Å². The summed E-state index contributed by atoms with van der Waals surface area (Å²) in [7, 11) is 0. The number of thiophene rings is 1. The standard InChI is InChI=1S/C17H20N4OS2/c1-12(2)16-18-4-6-21(16)10-15(22)20-14(17-19-5-8-24-17)9-13-3-7-23-11-13/h3-8,11-12,14H,9-10H2,1-2H3,(H,20,22)/t14-/m0/s1. The SMILES string of the molecule is CC(C)c1nccn1CC(=O)N[C@@H](Cc1ccsc1)c1nccs1. The van der Waals surface area contributed by atoms with Crippen LogP contribution in [-0.4, -0.2) is 20.4 Å². The molecule has 3 heterocycles. The monoisotopic (exact) mass is 360 g/mol. The highest BCUT2D eigenvalue weighted by Gasteiger charge is 2.19. The van der Waals surface area contributed by atoms with Crippen LogP contribution in [-0.2, 0) is 17.8 Å². The molecule has 0 saturated carbocycles. The van der Waals surface area contributed by atoms with E-state index < -0.39 is 0 Å². The van der Waals surface area contributed by atoms with Crippen LogP contribution in [0.15, 0.2) is 40.8 Å². The third-order valence-electron chi connectivity index (χ3n) is 3.68. The normalized spacial score (nSPS) is 12.5. The molecule has 3 rings (SSSR count). The molecule has 0 unspecified atom stereocenters. The molecule has 24 heavy (non-hydrogen) atoms. The Balaban J connectivity index is 1.70. The van der Waals surface area contributed by atoms with E-state index in [2.05, 4.69) is 46.0 Å². The Morgan fingerprint density at radius 1 is 1.29 bits per heavy atom. The average Bonchev–Trinajstić information content (AvgIpc) is 3.29. The van der Waals surface area contributed by atoms with E-state index in [1.807, 2.05) is 16.1 Å². The quantitative estimate of drug-likeness (QED) is 0.700. The molecular weight excluding hydrogens is 340 g/mol. The largest absolute Gasteiger partial charge is 0.345 e. The lowest BCUT2D eigenvalue weighted by Crippen LogP contribution is -2.33. The van der Waals surface area contributed by atoms with Gasteiger partial charge in [0, 0.05) is 36.3 Å². The Labute approximate surface area is 149 Å². The highest BCUT2D eigenvalue weighted by atomic mass is 32.1. The number of imidazole rings is 1. The van der Waals surface area contributed by atoms with Crippen molar-refractivity contribution in [3.63, 3.8) is 0 Å². The van der Waals surface area contributed by atoms with Crippen molar-refractivity contribution in [1.82, 2.24) is 19.9 Å². The van der Waals surface area contributed by atoms with Crippen molar-refractivity contribution in [2.24, 2.45) is 0 Å². The van der Waals surface area contributed by atoms with E-state index >= 15 is 0 Å². The topological polar surface area (TPSA) is 59.8 Å². The number of carbonyl (C=O) groups excluding carboxylic acids is 1. The Kier molecular flexibility index (Phi) is 5.42. The first-order valence-electron chi connectivity index (χ1n) is 7.84. The van der Waals surface area contributed by atoms with E-state index in [-0.39, 0.29) is 24.4 Å². The molecule has 0 aliphatic rings. The molecule has 0 radical (unpaired) electrons. The molecule has 0 spiro atoms. The molecule has 0 aromatic carbocycles. The minimum absolute atomic E-state index is 0.0228. The molecule has 0 saturated heterocycles. The zero-order chi connectivity index (χ0) is 16.9. The van der Waals surface area contributed by atoms with Gasteiger partial charge in [-0.25, -0.2) is 9.97 Å². The molecule has 0 bridgehead atoms. The third kappa shape index (κ3) is 4.10. The summed E-state index contributed by atoms with van der Waals surface area (Å²) in [6.07, 6.45) is 6.13. The lowest BCUT2D eigenvalue weighted by Gasteiger charge is -2.17. The number of carbonyl (C=O) groups is 1. The van der Waals surface area contributed by atoms with E-state index in [1.165, 1.54) is 5.56 Å². The fraction of sp³-hybridized carbons (Fsp3) is 0.353. The van der Waals surface area contributed by atoms with Crippen LogP contribution in [0, 0.1) is 0 Å². The molecule has 3 aromatic rings. The van der Waals surface area contributed by atoms with Crippen molar-refractivity contribution in [2.45, 2.75) is 38.8 Å². The maximum Gasteiger partial charge on any atom is 0.240 e. The van der Waals surface area contributed by atoms with Crippen LogP contribution in [0.5, 0.6) is 0 Å². The van der Waals surface area contributed by atoms with Gasteiger partial charge < -0.3 is 9.88 Å². The molecule has 0 fully saturated rings. The van der Waals surface area contributed by atoms with Gasteiger partial charge in [0.1, 0.15) is 17.4 Å². The third-order valence-corrected chi connectivity index (χ3v) is 5.30. The number of hydrogen-bond acceptors (Lipinski definition) is 5.